The van der Waals surface area contributed by atoms with Crippen LogP contribution in [0.5, 0.6) is 0 Å². The summed E-state index contributed by atoms with van der Waals surface area (Å²) in [5.41, 5.74) is 0. The number of rotatable bonds is 5. The SMILES string of the molecule is CCC/C=C/C=C/C=C\[B-]12OC(=O)C[C+]1CC(=O)O2. The summed E-state index contributed by atoms with van der Waals surface area (Å²) in [6.45, 7) is 0.159. The molecule has 0 unspecified atom stereocenters. The molecule has 0 saturated carbocycles. The lowest BCUT2D eigenvalue weighted by Crippen LogP contribution is -2.37. The van der Waals surface area contributed by atoms with Crippen molar-refractivity contribution in [2.45, 2.75) is 32.6 Å². The van der Waals surface area contributed by atoms with Crippen LogP contribution in [0, 0.1) is 5.82 Å². The summed E-state index contributed by atoms with van der Waals surface area (Å²) >= 11 is 0. The lowest BCUT2D eigenvalue weighted by Gasteiger charge is -2.20. The van der Waals surface area contributed by atoms with Gasteiger partial charge < -0.3 is 9.31 Å². The standard InChI is InChI=1S/C14H17BO4/c1-2-3-4-5-6-7-8-9-15-12(10-13(16)18-15)11-14(17)19-15/h4-9H,2-3,10-11H2,1H3/b5-4+,7-6+,9-8-. The highest BCUT2D eigenvalue weighted by Crippen LogP contribution is 2.40. The molecule has 0 bridgehead atoms. The fourth-order valence-electron chi connectivity index (χ4n) is 2.28. The molecule has 2 heterocycles. The highest BCUT2D eigenvalue weighted by Gasteiger charge is 2.62. The first-order valence-electron chi connectivity index (χ1n) is 6.61. The summed E-state index contributed by atoms with van der Waals surface area (Å²) in [7, 11) is 0. The molecular formula is C14H17BO4. The van der Waals surface area contributed by atoms with Gasteiger partial charge in [0.25, 0.3) is 0 Å². The molecule has 2 saturated heterocycles. The number of carbonyl (C=O) groups excluding carboxylic acids is 2. The van der Waals surface area contributed by atoms with Gasteiger partial charge in [0, 0.05) is 5.82 Å². The van der Waals surface area contributed by atoms with E-state index in [1.807, 2.05) is 18.2 Å². The maximum absolute atomic E-state index is 11.3. The van der Waals surface area contributed by atoms with E-state index in [1.54, 1.807) is 12.1 Å². The van der Waals surface area contributed by atoms with Gasteiger partial charge in [-0.05, 0) is 6.42 Å². The highest BCUT2D eigenvalue weighted by atomic mass is 16.7. The Kier molecular flexibility index (Phi) is 4.15. The normalized spacial score (nSPS) is 21.6. The van der Waals surface area contributed by atoms with Gasteiger partial charge in [0.05, 0.1) is 0 Å². The average Bonchev–Trinajstić information content (AvgIpc) is 2.79. The first-order valence-corrected chi connectivity index (χ1v) is 6.61. The predicted molar refractivity (Wildman–Crippen MR) is 72.7 cm³/mol. The van der Waals surface area contributed by atoms with Gasteiger partial charge in [-0.2, -0.15) is 0 Å². The third kappa shape index (κ3) is 3.10. The Bertz CT molecular complexity index is 430. The van der Waals surface area contributed by atoms with E-state index in [9.17, 15) is 9.59 Å². The van der Waals surface area contributed by atoms with E-state index in [0.717, 1.165) is 18.7 Å². The number of hydrogen-bond acceptors (Lipinski definition) is 4. The Morgan fingerprint density at radius 1 is 1.11 bits per heavy atom. The van der Waals surface area contributed by atoms with E-state index in [1.165, 1.54) is 0 Å². The van der Waals surface area contributed by atoms with E-state index in [-0.39, 0.29) is 24.8 Å². The van der Waals surface area contributed by atoms with Crippen molar-refractivity contribution in [3.8, 4) is 0 Å². The number of carbonyl (C=O) groups is 2. The van der Waals surface area contributed by atoms with Gasteiger partial charge in [-0.15, -0.1) is 5.98 Å². The Morgan fingerprint density at radius 3 is 2.37 bits per heavy atom. The van der Waals surface area contributed by atoms with E-state index >= 15 is 0 Å². The van der Waals surface area contributed by atoms with Crippen LogP contribution in [0.2, 0.25) is 0 Å². The van der Waals surface area contributed by atoms with Crippen LogP contribution < -0.4 is 0 Å². The molecule has 0 atom stereocenters. The summed E-state index contributed by atoms with van der Waals surface area (Å²) in [6, 6.07) is 0. The molecule has 0 aromatic carbocycles. The predicted octanol–water partition coefficient (Wildman–Crippen LogP) is 2.44. The van der Waals surface area contributed by atoms with Crippen LogP contribution in [0.15, 0.2) is 36.4 Å². The third-order valence-corrected chi connectivity index (χ3v) is 3.21. The summed E-state index contributed by atoms with van der Waals surface area (Å²) < 4.78 is 10.4. The van der Waals surface area contributed by atoms with Gasteiger partial charge in [0.15, 0.2) is 0 Å². The molecule has 0 radical (unpaired) electrons. The van der Waals surface area contributed by atoms with E-state index < -0.39 is 6.55 Å². The van der Waals surface area contributed by atoms with Crippen LogP contribution in [0.3, 0.4) is 0 Å². The monoisotopic (exact) mass is 260 g/mol. The maximum atomic E-state index is 11.3. The van der Waals surface area contributed by atoms with Gasteiger partial charge in [-0.1, -0.05) is 43.7 Å². The average molecular weight is 260 g/mol. The topological polar surface area (TPSA) is 52.6 Å². The fraction of sp³-hybridized carbons (Fsp3) is 0.357. The minimum Gasteiger partial charge on any atom is -0.610 e. The van der Waals surface area contributed by atoms with Gasteiger partial charge >= 0.3 is 18.5 Å². The van der Waals surface area contributed by atoms with Crippen LogP contribution in [-0.4, -0.2) is 18.5 Å². The summed E-state index contributed by atoms with van der Waals surface area (Å²) in [5.74, 6) is 1.79. The third-order valence-electron chi connectivity index (χ3n) is 3.21. The summed E-state index contributed by atoms with van der Waals surface area (Å²) in [5, 5.41) is 0. The van der Waals surface area contributed by atoms with Crippen molar-refractivity contribution in [3.05, 3.63) is 42.2 Å². The molecule has 19 heavy (non-hydrogen) atoms. The second-order valence-corrected chi connectivity index (χ2v) is 4.75. The first-order chi connectivity index (χ1) is 9.16. The first kappa shape index (κ1) is 13.5. The minimum atomic E-state index is -1.96. The lowest BCUT2D eigenvalue weighted by molar-refractivity contribution is -0.138. The molecule has 2 rings (SSSR count). The molecule has 2 aliphatic rings. The number of unbranched alkanes of at least 4 members (excludes halogenated alkanes) is 1. The maximum Gasteiger partial charge on any atom is 0.581 e. The zero-order chi connectivity index (χ0) is 13.7. The minimum absolute atomic E-state index is 0.191. The van der Waals surface area contributed by atoms with E-state index in [2.05, 4.69) is 13.0 Å². The van der Waals surface area contributed by atoms with Crippen molar-refractivity contribution < 1.29 is 18.9 Å². The fourth-order valence-corrected chi connectivity index (χ4v) is 2.28. The molecule has 0 spiro atoms. The Balaban J connectivity index is 1.96. The van der Waals surface area contributed by atoms with Gasteiger partial charge in [-0.3, -0.25) is 9.59 Å². The Hall–Kier alpha value is -1.91. The van der Waals surface area contributed by atoms with Gasteiger partial charge in [-0.25, -0.2) is 0 Å². The van der Waals surface area contributed by atoms with E-state index in [0.29, 0.717) is 0 Å². The van der Waals surface area contributed by atoms with Crippen molar-refractivity contribution in [3.63, 3.8) is 0 Å². The smallest absolute Gasteiger partial charge is 0.581 e. The van der Waals surface area contributed by atoms with Crippen molar-refractivity contribution >= 4 is 18.5 Å². The van der Waals surface area contributed by atoms with Crippen molar-refractivity contribution in [1.29, 1.82) is 0 Å². The zero-order valence-electron chi connectivity index (χ0n) is 11.0. The quantitative estimate of drug-likeness (QED) is 0.433. The second kappa shape index (κ2) is 5.82. The molecule has 2 aliphatic heterocycles. The number of hydrogen-bond donors (Lipinski definition) is 0. The molecule has 0 amide bonds. The lowest BCUT2D eigenvalue weighted by atomic mass is 9.49. The largest absolute Gasteiger partial charge is 0.610 e. The zero-order valence-corrected chi connectivity index (χ0v) is 11.0. The Morgan fingerprint density at radius 2 is 1.74 bits per heavy atom. The molecule has 0 aromatic heterocycles. The summed E-state index contributed by atoms with van der Waals surface area (Å²) in [4.78, 5) is 22.6. The van der Waals surface area contributed by atoms with Crippen LogP contribution >= 0.6 is 0 Å². The molecule has 100 valence electrons. The summed E-state index contributed by atoms with van der Waals surface area (Å²) in [6.07, 6.45) is 12.1. The van der Waals surface area contributed by atoms with Gasteiger partial charge in [0.1, 0.15) is 12.8 Å². The molecule has 0 aromatic rings. The van der Waals surface area contributed by atoms with Crippen LogP contribution in [0.4, 0.5) is 0 Å². The molecular weight excluding hydrogens is 243 g/mol. The van der Waals surface area contributed by atoms with Crippen LogP contribution in [0.1, 0.15) is 32.6 Å². The molecule has 2 fully saturated rings. The number of allylic oxidation sites excluding steroid dienone is 5. The molecule has 5 heteroatoms. The van der Waals surface area contributed by atoms with Crippen molar-refractivity contribution in [2.24, 2.45) is 0 Å². The molecule has 4 nitrogen and oxygen atoms in total. The van der Waals surface area contributed by atoms with Crippen molar-refractivity contribution in [1.82, 2.24) is 0 Å². The Labute approximate surface area is 113 Å². The molecule has 0 N–H and O–H groups in total. The molecule has 0 aliphatic carbocycles. The van der Waals surface area contributed by atoms with Crippen molar-refractivity contribution in [2.75, 3.05) is 0 Å². The number of fused-ring (bicyclic) bond motifs is 1. The van der Waals surface area contributed by atoms with Crippen LogP contribution in [-0.2, 0) is 18.9 Å². The van der Waals surface area contributed by atoms with Crippen LogP contribution in [0.25, 0.3) is 0 Å². The second-order valence-electron chi connectivity index (χ2n) is 4.75. The van der Waals surface area contributed by atoms with E-state index in [4.69, 9.17) is 9.31 Å². The van der Waals surface area contributed by atoms with Gasteiger partial charge in [0.2, 0.25) is 0 Å². The highest BCUT2D eigenvalue weighted by molar-refractivity contribution is 6.84.